The molecule has 5 aromatic rings. The van der Waals surface area contributed by atoms with Gasteiger partial charge in [0.2, 0.25) is 0 Å². The lowest BCUT2D eigenvalue weighted by Crippen LogP contribution is -2.15. The van der Waals surface area contributed by atoms with E-state index in [-0.39, 0.29) is 5.69 Å². The molecule has 0 fully saturated rings. The van der Waals surface area contributed by atoms with E-state index >= 15 is 0 Å². The van der Waals surface area contributed by atoms with Crippen LogP contribution in [0.5, 0.6) is 11.5 Å². The summed E-state index contributed by atoms with van der Waals surface area (Å²) in [6.45, 7) is 1.46. The second-order valence-electron chi connectivity index (χ2n) is 7.62. The number of nitrogens with two attached hydrogens (primary N) is 1. The number of rotatable bonds is 7. The highest BCUT2D eigenvalue weighted by Crippen LogP contribution is 2.32. The first-order valence-corrected chi connectivity index (χ1v) is 10.7. The van der Waals surface area contributed by atoms with Crippen LogP contribution in [0.3, 0.4) is 0 Å². The monoisotopic (exact) mass is 424 g/mol. The average molecular weight is 425 g/mol. The summed E-state index contributed by atoms with van der Waals surface area (Å²) >= 11 is 0. The molecule has 3 N–H and O–H groups in total. The van der Waals surface area contributed by atoms with Crippen molar-refractivity contribution in [2.45, 2.75) is 13.0 Å². The van der Waals surface area contributed by atoms with Gasteiger partial charge in [0.15, 0.2) is 0 Å². The number of benzene rings is 3. The maximum absolute atomic E-state index is 12.8. The minimum absolute atomic E-state index is 0.185. The van der Waals surface area contributed by atoms with Gasteiger partial charge in [0.1, 0.15) is 11.5 Å². The highest BCUT2D eigenvalue weighted by atomic mass is 16.5. The van der Waals surface area contributed by atoms with Gasteiger partial charge in [-0.1, -0.05) is 36.4 Å². The van der Waals surface area contributed by atoms with E-state index in [9.17, 15) is 4.79 Å². The predicted octanol–water partition coefficient (Wildman–Crippen LogP) is 4.93. The number of aryl methyl sites for hydroxylation is 1. The van der Waals surface area contributed by atoms with Crippen LogP contribution < -0.4 is 16.2 Å². The molecule has 6 nitrogen and oxygen atoms in total. The van der Waals surface area contributed by atoms with Crippen molar-refractivity contribution in [1.82, 2.24) is 14.1 Å². The summed E-state index contributed by atoms with van der Waals surface area (Å²) in [6, 6.07) is 25.4. The van der Waals surface area contributed by atoms with Gasteiger partial charge in [0.25, 0.3) is 0 Å². The highest BCUT2D eigenvalue weighted by molar-refractivity contribution is 5.95. The molecule has 6 heteroatoms. The van der Waals surface area contributed by atoms with Crippen molar-refractivity contribution in [3.05, 3.63) is 102 Å². The number of aromatic amines is 1. The molecule has 0 aliphatic heterocycles. The molecule has 3 aromatic carbocycles. The summed E-state index contributed by atoms with van der Waals surface area (Å²) < 4.78 is 9.79. The fourth-order valence-electron chi connectivity index (χ4n) is 4.01. The number of nitrogens with one attached hydrogen (secondary N) is 1. The minimum Gasteiger partial charge on any atom is -0.457 e. The topological polar surface area (TPSA) is 78.0 Å². The van der Waals surface area contributed by atoms with Crippen LogP contribution in [0, 0.1) is 0 Å². The van der Waals surface area contributed by atoms with E-state index in [0.29, 0.717) is 12.3 Å². The third kappa shape index (κ3) is 3.72. The van der Waals surface area contributed by atoms with Gasteiger partial charge in [-0.25, -0.2) is 4.79 Å². The second kappa shape index (κ2) is 8.61. The summed E-state index contributed by atoms with van der Waals surface area (Å²) in [5, 5.41) is 1.10. The van der Waals surface area contributed by atoms with Crippen LogP contribution in [0.1, 0.15) is 6.42 Å². The molecule has 0 aliphatic carbocycles. The Morgan fingerprint density at radius 2 is 1.59 bits per heavy atom. The normalized spacial score (nSPS) is 11.2. The largest absolute Gasteiger partial charge is 0.457 e. The Bertz CT molecular complexity index is 1400. The number of ether oxygens (including phenoxy) is 1. The van der Waals surface area contributed by atoms with Crippen LogP contribution in [-0.4, -0.2) is 20.7 Å². The highest BCUT2D eigenvalue weighted by Gasteiger charge is 2.16. The van der Waals surface area contributed by atoms with Crippen LogP contribution in [0.2, 0.25) is 0 Å². The third-order valence-corrected chi connectivity index (χ3v) is 5.52. The molecule has 32 heavy (non-hydrogen) atoms. The van der Waals surface area contributed by atoms with E-state index in [1.165, 1.54) is 0 Å². The van der Waals surface area contributed by atoms with Crippen molar-refractivity contribution in [1.29, 1.82) is 0 Å². The number of hydrogen-bond acceptors (Lipinski definition) is 3. The Kier molecular flexibility index (Phi) is 5.35. The zero-order chi connectivity index (χ0) is 21.9. The lowest BCUT2D eigenvalue weighted by atomic mass is 10.1. The third-order valence-electron chi connectivity index (χ3n) is 5.52. The van der Waals surface area contributed by atoms with Crippen molar-refractivity contribution >= 4 is 10.9 Å². The van der Waals surface area contributed by atoms with Crippen LogP contribution in [0.15, 0.2) is 96.1 Å². The van der Waals surface area contributed by atoms with Gasteiger partial charge < -0.3 is 20.0 Å². The summed E-state index contributed by atoms with van der Waals surface area (Å²) in [5.41, 5.74) is 9.26. The van der Waals surface area contributed by atoms with Crippen molar-refractivity contribution in [2.75, 3.05) is 6.54 Å². The van der Waals surface area contributed by atoms with E-state index in [2.05, 4.69) is 27.9 Å². The van der Waals surface area contributed by atoms with Crippen LogP contribution in [0.25, 0.3) is 27.8 Å². The van der Waals surface area contributed by atoms with Gasteiger partial charge in [-0.05, 0) is 55.4 Å². The number of para-hydroxylation sites is 2. The number of nitrogens with zero attached hydrogens (tertiary/aromatic N) is 2. The Hall–Kier alpha value is -4.03. The molecular formula is C26H24N4O2. The molecule has 0 spiro atoms. The van der Waals surface area contributed by atoms with Gasteiger partial charge in [-0.15, -0.1) is 0 Å². The number of hydrogen-bond donors (Lipinski definition) is 2. The van der Waals surface area contributed by atoms with E-state index < -0.39 is 0 Å². The first-order chi connectivity index (χ1) is 15.7. The Morgan fingerprint density at radius 1 is 0.875 bits per heavy atom. The Balaban J connectivity index is 1.54. The first-order valence-electron chi connectivity index (χ1n) is 10.7. The summed E-state index contributed by atoms with van der Waals surface area (Å²) in [6.07, 6.45) is 4.76. The van der Waals surface area contributed by atoms with Crippen molar-refractivity contribution in [3.63, 3.8) is 0 Å². The second-order valence-corrected chi connectivity index (χ2v) is 7.62. The Morgan fingerprint density at radius 3 is 2.38 bits per heavy atom. The van der Waals surface area contributed by atoms with Gasteiger partial charge in [0, 0.05) is 35.4 Å². The molecule has 0 saturated heterocycles. The lowest BCUT2D eigenvalue weighted by molar-refractivity contribution is 0.482. The lowest BCUT2D eigenvalue weighted by Gasteiger charge is -2.09. The fraction of sp³-hybridized carbons (Fsp3) is 0.115. The number of aromatic nitrogens is 3. The summed E-state index contributed by atoms with van der Waals surface area (Å²) in [5.74, 6) is 1.48. The predicted molar refractivity (Wildman–Crippen MR) is 128 cm³/mol. The number of imidazole rings is 1. The molecule has 0 atom stereocenters. The molecule has 0 aliphatic rings. The molecule has 0 saturated carbocycles. The molecule has 0 amide bonds. The van der Waals surface area contributed by atoms with Crippen molar-refractivity contribution in [3.8, 4) is 28.4 Å². The quantitative estimate of drug-likeness (QED) is 0.389. The van der Waals surface area contributed by atoms with E-state index in [0.717, 1.165) is 46.6 Å². The molecule has 2 heterocycles. The van der Waals surface area contributed by atoms with Gasteiger partial charge in [-0.3, -0.25) is 4.57 Å². The fourth-order valence-corrected chi connectivity index (χ4v) is 4.01. The number of fused-ring (bicyclic) bond motifs is 1. The SMILES string of the molecule is NCCCn1cc(-c2c[nH]c(=O)n2-c2ccc(Oc3ccccc3)cc2)c2ccccc21. The molecule has 5 rings (SSSR count). The first kappa shape index (κ1) is 19.9. The smallest absolute Gasteiger partial charge is 0.330 e. The maximum Gasteiger partial charge on any atom is 0.330 e. The van der Waals surface area contributed by atoms with Crippen LogP contribution in [-0.2, 0) is 6.54 Å². The zero-order valence-corrected chi connectivity index (χ0v) is 17.6. The zero-order valence-electron chi connectivity index (χ0n) is 17.6. The van der Waals surface area contributed by atoms with Gasteiger partial charge in [-0.2, -0.15) is 0 Å². The molecule has 0 bridgehead atoms. The molecular weight excluding hydrogens is 400 g/mol. The molecule has 2 aromatic heterocycles. The van der Waals surface area contributed by atoms with E-state index in [1.54, 1.807) is 10.8 Å². The maximum atomic E-state index is 12.8. The summed E-state index contributed by atoms with van der Waals surface area (Å²) in [7, 11) is 0. The summed E-state index contributed by atoms with van der Waals surface area (Å²) in [4.78, 5) is 15.6. The van der Waals surface area contributed by atoms with E-state index in [4.69, 9.17) is 10.5 Å². The Labute approximate surface area is 185 Å². The number of H-pyrrole nitrogens is 1. The minimum atomic E-state index is -0.185. The van der Waals surface area contributed by atoms with Crippen molar-refractivity contribution < 1.29 is 4.74 Å². The molecule has 0 radical (unpaired) electrons. The molecule has 160 valence electrons. The van der Waals surface area contributed by atoms with E-state index in [1.807, 2.05) is 66.7 Å². The van der Waals surface area contributed by atoms with Gasteiger partial charge in [0.05, 0.1) is 11.4 Å². The van der Waals surface area contributed by atoms with Gasteiger partial charge >= 0.3 is 5.69 Å². The van der Waals surface area contributed by atoms with Crippen LogP contribution in [0.4, 0.5) is 0 Å². The standard InChI is InChI=1S/C26H24N4O2/c27-15-6-16-29-18-23(22-9-4-5-10-24(22)29)25-17-28-26(31)30(25)19-11-13-21(14-12-19)32-20-7-2-1-3-8-20/h1-5,7-14,17-18H,6,15-16,27H2,(H,28,31). The molecule has 0 unspecified atom stereocenters. The van der Waals surface area contributed by atoms with Crippen molar-refractivity contribution in [2.24, 2.45) is 5.73 Å². The average Bonchev–Trinajstić information content (AvgIpc) is 3.39. The van der Waals surface area contributed by atoms with Crippen LogP contribution >= 0.6 is 0 Å².